The number of benzene rings is 1. The maximum atomic E-state index is 6.55. The fourth-order valence-corrected chi connectivity index (χ4v) is 5.33. The molecule has 3 aromatic heterocycles. The van der Waals surface area contributed by atoms with Gasteiger partial charge in [0.25, 0.3) is 0 Å². The van der Waals surface area contributed by atoms with Crippen LogP contribution in [-0.2, 0) is 7.05 Å². The number of aromatic nitrogens is 4. The van der Waals surface area contributed by atoms with Crippen molar-refractivity contribution in [2.24, 2.45) is 7.05 Å². The Balaban J connectivity index is 1.92. The van der Waals surface area contributed by atoms with Crippen molar-refractivity contribution in [2.75, 3.05) is 11.5 Å². The van der Waals surface area contributed by atoms with E-state index in [2.05, 4.69) is 24.0 Å². The number of nitrogens with zero attached hydrogens (tertiary/aromatic N) is 4. The van der Waals surface area contributed by atoms with Gasteiger partial charge in [-0.3, -0.25) is 0 Å². The summed E-state index contributed by atoms with van der Waals surface area (Å²) in [4.78, 5) is 15.0. The quantitative estimate of drug-likeness (QED) is 0.357. The molecule has 2 N–H and O–H groups in total. The van der Waals surface area contributed by atoms with Crippen LogP contribution in [0.2, 0.25) is 0 Å². The summed E-state index contributed by atoms with van der Waals surface area (Å²) in [5.41, 5.74) is 9.25. The molecule has 3 heterocycles. The van der Waals surface area contributed by atoms with Gasteiger partial charge in [0.2, 0.25) is 0 Å². The van der Waals surface area contributed by atoms with Crippen molar-refractivity contribution in [3.63, 3.8) is 0 Å². The van der Waals surface area contributed by atoms with Crippen LogP contribution in [0.1, 0.15) is 19.8 Å². The summed E-state index contributed by atoms with van der Waals surface area (Å²) in [6.07, 6.45) is 6.02. The molecule has 0 amide bonds. The van der Waals surface area contributed by atoms with E-state index in [9.17, 15) is 0 Å². The molecular weight excluding hydrogens is 374 g/mol. The van der Waals surface area contributed by atoms with Crippen LogP contribution in [0.3, 0.4) is 0 Å². The van der Waals surface area contributed by atoms with Gasteiger partial charge in [0.1, 0.15) is 4.83 Å². The van der Waals surface area contributed by atoms with Crippen molar-refractivity contribution < 1.29 is 0 Å². The first-order valence-corrected chi connectivity index (χ1v) is 10.7. The molecule has 7 heteroatoms. The molecule has 0 atom stereocenters. The van der Waals surface area contributed by atoms with E-state index in [0.29, 0.717) is 5.82 Å². The summed E-state index contributed by atoms with van der Waals surface area (Å²) in [5.74, 6) is 2.44. The molecule has 0 aliphatic heterocycles. The Labute approximate surface area is 166 Å². The first-order valence-electron chi connectivity index (χ1n) is 8.95. The van der Waals surface area contributed by atoms with Crippen molar-refractivity contribution in [1.82, 2.24) is 19.5 Å². The Bertz CT molecular complexity index is 1070. The molecule has 0 saturated heterocycles. The van der Waals surface area contributed by atoms with Crippen molar-refractivity contribution in [1.29, 1.82) is 0 Å². The second kappa shape index (κ2) is 7.70. The highest BCUT2D eigenvalue weighted by molar-refractivity contribution is 8.01. The molecule has 0 spiro atoms. The van der Waals surface area contributed by atoms with Gasteiger partial charge in [-0.05, 0) is 12.2 Å². The Morgan fingerprint density at radius 3 is 2.70 bits per heavy atom. The molecule has 0 radical (unpaired) electrons. The van der Waals surface area contributed by atoms with E-state index in [4.69, 9.17) is 15.7 Å². The van der Waals surface area contributed by atoms with Gasteiger partial charge in [0.05, 0.1) is 21.0 Å². The second-order valence-corrected chi connectivity index (χ2v) is 8.67. The van der Waals surface area contributed by atoms with Crippen LogP contribution < -0.4 is 5.73 Å². The molecule has 1 aromatic carbocycles. The molecule has 0 unspecified atom stereocenters. The highest BCUT2D eigenvalue weighted by Crippen LogP contribution is 2.44. The van der Waals surface area contributed by atoms with Crippen LogP contribution in [0.5, 0.6) is 0 Å². The van der Waals surface area contributed by atoms with Gasteiger partial charge in [-0.1, -0.05) is 43.7 Å². The average molecular weight is 396 g/mol. The normalized spacial score (nSPS) is 11.3. The van der Waals surface area contributed by atoms with Crippen LogP contribution in [-0.4, -0.2) is 25.3 Å². The summed E-state index contributed by atoms with van der Waals surface area (Å²) < 4.78 is 3.06. The van der Waals surface area contributed by atoms with E-state index in [-0.39, 0.29) is 0 Å². The number of thiophene rings is 1. The smallest absolute Gasteiger partial charge is 0.197 e. The van der Waals surface area contributed by atoms with Gasteiger partial charge in [-0.15, -0.1) is 23.1 Å². The first kappa shape index (κ1) is 18.0. The molecular formula is C20H21N5S2. The Kier molecular flexibility index (Phi) is 5.13. The lowest BCUT2D eigenvalue weighted by atomic mass is 10.1. The van der Waals surface area contributed by atoms with Crippen LogP contribution >= 0.6 is 23.1 Å². The molecule has 4 aromatic rings. The number of hydrogen-bond acceptors (Lipinski definition) is 6. The zero-order valence-electron chi connectivity index (χ0n) is 15.3. The average Bonchev–Trinajstić information content (AvgIpc) is 3.25. The van der Waals surface area contributed by atoms with Gasteiger partial charge in [-0.2, -0.15) is 0 Å². The third-order valence-electron chi connectivity index (χ3n) is 4.35. The molecule has 0 bridgehead atoms. The Hall–Kier alpha value is -2.38. The summed E-state index contributed by atoms with van der Waals surface area (Å²) in [5, 5.41) is 0.947. The summed E-state index contributed by atoms with van der Waals surface area (Å²) in [6.45, 7) is 2.20. The fraction of sp³-hybridized carbons (Fsp3) is 0.250. The van der Waals surface area contributed by atoms with Gasteiger partial charge >= 0.3 is 0 Å². The number of unbranched alkanes of at least 4 members (excludes halogenated alkanes) is 1. The van der Waals surface area contributed by atoms with Crippen molar-refractivity contribution >= 4 is 39.0 Å². The zero-order valence-corrected chi connectivity index (χ0v) is 17.0. The van der Waals surface area contributed by atoms with Crippen LogP contribution in [0.25, 0.3) is 33.1 Å². The number of anilines is 1. The molecule has 4 rings (SSSR count). The third kappa shape index (κ3) is 3.44. The number of hydrogen-bond donors (Lipinski definition) is 1. The van der Waals surface area contributed by atoms with Crippen molar-refractivity contribution in [3.8, 4) is 22.9 Å². The lowest BCUT2D eigenvalue weighted by Gasteiger charge is -2.07. The molecule has 0 saturated carbocycles. The molecule has 138 valence electrons. The van der Waals surface area contributed by atoms with Crippen molar-refractivity contribution in [2.45, 2.75) is 24.0 Å². The van der Waals surface area contributed by atoms with E-state index >= 15 is 0 Å². The van der Waals surface area contributed by atoms with E-state index in [1.165, 1.54) is 12.8 Å². The number of rotatable bonds is 6. The predicted octanol–water partition coefficient (Wildman–Crippen LogP) is 5.23. The molecule has 5 nitrogen and oxygen atoms in total. The molecule has 0 aliphatic carbocycles. The number of nitrogen functional groups attached to an aromatic ring is 1. The monoisotopic (exact) mass is 395 g/mol. The van der Waals surface area contributed by atoms with Crippen LogP contribution in [0, 0.1) is 0 Å². The minimum Gasteiger partial charge on any atom is -0.397 e. The Morgan fingerprint density at radius 1 is 1.19 bits per heavy atom. The van der Waals surface area contributed by atoms with E-state index < -0.39 is 0 Å². The topological polar surface area (TPSA) is 69.6 Å². The molecule has 0 aliphatic rings. The predicted molar refractivity (Wildman–Crippen MR) is 115 cm³/mol. The fourth-order valence-electron chi connectivity index (χ4n) is 2.90. The standard InChI is InChI=1S/C20H21N5S2/c1-3-4-12-26-20-15(21)14-16(13-8-6-5-7-9-13)23-17(24-19(14)27-20)18-22-10-11-25(18)2/h5-11H,3-4,12,21H2,1-2H3. The van der Waals surface area contributed by atoms with Gasteiger partial charge < -0.3 is 10.3 Å². The van der Waals surface area contributed by atoms with Crippen LogP contribution in [0.15, 0.2) is 46.9 Å². The summed E-state index contributed by atoms with van der Waals surface area (Å²) in [6, 6.07) is 10.2. The largest absolute Gasteiger partial charge is 0.397 e. The van der Waals surface area contributed by atoms with Crippen molar-refractivity contribution in [3.05, 3.63) is 42.7 Å². The number of thioether (sulfide) groups is 1. The van der Waals surface area contributed by atoms with Gasteiger partial charge in [-0.25, -0.2) is 15.0 Å². The van der Waals surface area contributed by atoms with Crippen LogP contribution in [0.4, 0.5) is 5.69 Å². The SMILES string of the molecule is CCCCSc1sc2nc(-c3nccn3C)nc(-c3ccccc3)c2c1N. The maximum absolute atomic E-state index is 6.55. The van der Waals surface area contributed by atoms with Gasteiger partial charge in [0.15, 0.2) is 11.6 Å². The number of aryl methyl sites for hydroxylation is 1. The minimum absolute atomic E-state index is 0.625. The molecule has 27 heavy (non-hydrogen) atoms. The third-order valence-corrected chi connectivity index (χ3v) is 6.83. The molecule has 0 fully saturated rings. The number of nitrogens with two attached hydrogens (primary N) is 1. The second-order valence-electron chi connectivity index (χ2n) is 6.31. The maximum Gasteiger partial charge on any atom is 0.197 e. The zero-order chi connectivity index (χ0) is 18.8. The minimum atomic E-state index is 0.625. The highest BCUT2D eigenvalue weighted by Gasteiger charge is 2.20. The first-order chi connectivity index (χ1) is 13.2. The Morgan fingerprint density at radius 2 is 2.00 bits per heavy atom. The van der Waals surface area contributed by atoms with E-state index in [1.54, 1.807) is 17.5 Å². The summed E-state index contributed by atoms with van der Waals surface area (Å²) in [7, 11) is 1.95. The van der Waals surface area contributed by atoms with E-state index in [1.807, 2.05) is 47.8 Å². The van der Waals surface area contributed by atoms with Gasteiger partial charge in [0, 0.05) is 25.0 Å². The highest BCUT2D eigenvalue weighted by atomic mass is 32.2. The van der Waals surface area contributed by atoms with E-state index in [0.717, 1.165) is 42.9 Å². The summed E-state index contributed by atoms with van der Waals surface area (Å²) >= 11 is 3.46. The lowest BCUT2D eigenvalue weighted by molar-refractivity contribution is 0.897. The number of imidazole rings is 1. The number of fused-ring (bicyclic) bond motifs is 1. The lowest BCUT2D eigenvalue weighted by Crippen LogP contribution is -1.99.